The van der Waals surface area contributed by atoms with Gasteiger partial charge in [0.1, 0.15) is 5.50 Å². The minimum Gasteiger partial charge on any atom is -0.496 e. The quantitative estimate of drug-likeness (QED) is 0.587. The van der Waals surface area contributed by atoms with Crippen molar-refractivity contribution in [1.82, 2.24) is 0 Å². The van der Waals surface area contributed by atoms with E-state index in [9.17, 15) is 0 Å². The zero-order chi connectivity index (χ0) is 11.9. The standard InChI is InChI=1S/C15H15OP/c1-16-15(12-13-8-4-2-5-9-13)17-14-10-6-3-7-11-14/h2-12,17H,1H3. The van der Waals surface area contributed by atoms with Gasteiger partial charge in [-0.2, -0.15) is 0 Å². The highest BCUT2D eigenvalue weighted by molar-refractivity contribution is 7.51. The summed E-state index contributed by atoms with van der Waals surface area (Å²) in [5, 5.41) is 1.29. The lowest BCUT2D eigenvalue weighted by atomic mass is 10.2. The summed E-state index contributed by atoms with van der Waals surface area (Å²) >= 11 is 0. The Morgan fingerprint density at radius 1 is 0.941 bits per heavy atom. The van der Waals surface area contributed by atoms with Gasteiger partial charge in [0.25, 0.3) is 0 Å². The zero-order valence-electron chi connectivity index (χ0n) is 9.76. The average Bonchev–Trinajstić information content (AvgIpc) is 2.40. The summed E-state index contributed by atoms with van der Waals surface area (Å²) in [7, 11) is 2.29. The molecule has 2 aromatic carbocycles. The molecule has 0 aliphatic carbocycles. The molecule has 0 heterocycles. The third kappa shape index (κ3) is 3.72. The Kier molecular flexibility index (Phi) is 4.35. The first-order valence-electron chi connectivity index (χ1n) is 5.51. The number of rotatable bonds is 4. The number of hydrogen-bond acceptors (Lipinski definition) is 1. The molecule has 0 aliphatic rings. The third-order valence-corrected chi connectivity index (χ3v) is 3.58. The second kappa shape index (κ2) is 6.22. The maximum Gasteiger partial charge on any atom is 0.119 e. The molecule has 2 aromatic rings. The maximum absolute atomic E-state index is 5.43. The molecule has 0 N–H and O–H groups in total. The third-order valence-electron chi connectivity index (χ3n) is 2.36. The van der Waals surface area contributed by atoms with Crippen molar-refractivity contribution in [3.63, 3.8) is 0 Å². The highest BCUT2D eigenvalue weighted by Crippen LogP contribution is 2.25. The van der Waals surface area contributed by atoms with E-state index >= 15 is 0 Å². The van der Waals surface area contributed by atoms with Crippen LogP contribution in [-0.2, 0) is 4.74 Å². The fourth-order valence-corrected chi connectivity index (χ4v) is 2.49. The van der Waals surface area contributed by atoms with Gasteiger partial charge >= 0.3 is 0 Å². The van der Waals surface area contributed by atoms with Gasteiger partial charge in [0.2, 0.25) is 0 Å². The van der Waals surface area contributed by atoms with Gasteiger partial charge in [0, 0.05) is 0 Å². The van der Waals surface area contributed by atoms with Crippen molar-refractivity contribution in [2.24, 2.45) is 0 Å². The molecular weight excluding hydrogens is 227 g/mol. The fourth-order valence-electron chi connectivity index (χ4n) is 1.51. The van der Waals surface area contributed by atoms with E-state index < -0.39 is 0 Å². The molecule has 0 aliphatic heterocycles. The van der Waals surface area contributed by atoms with Gasteiger partial charge in [0.05, 0.1) is 7.11 Å². The van der Waals surface area contributed by atoms with E-state index in [0.717, 1.165) is 5.50 Å². The summed E-state index contributed by atoms with van der Waals surface area (Å²) in [6, 6.07) is 20.6. The van der Waals surface area contributed by atoms with Crippen molar-refractivity contribution in [2.45, 2.75) is 0 Å². The Labute approximate surface area is 104 Å². The zero-order valence-corrected chi connectivity index (χ0v) is 10.8. The molecule has 0 saturated carbocycles. The number of benzene rings is 2. The predicted octanol–water partition coefficient (Wildman–Crippen LogP) is 3.64. The molecule has 0 saturated heterocycles. The van der Waals surface area contributed by atoms with Crippen molar-refractivity contribution >= 4 is 20.0 Å². The van der Waals surface area contributed by atoms with Gasteiger partial charge in [0.15, 0.2) is 0 Å². The summed E-state index contributed by atoms with van der Waals surface area (Å²) in [4.78, 5) is 0. The molecule has 1 unspecified atom stereocenters. The highest BCUT2D eigenvalue weighted by atomic mass is 31.1. The molecule has 17 heavy (non-hydrogen) atoms. The van der Waals surface area contributed by atoms with E-state index in [2.05, 4.69) is 42.5 Å². The van der Waals surface area contributed by atoms with E-state index in [0.29, 0.717) is 8.58 Å². The van der Waals surface area contributed by atoms with Crippen molar-refractivity contribution in [1.29, 1.82) is 0 Å². The van der Waals surface area contributed by atoms with Crippen molar-refractivity contribution < 1.29 is 4.74 Å². The van der Waals surface area contributed by atoms with Crippen molar-refractivity contribution in [3.05, 3.63) is 71.7 Å². The van der Waals surface area contributed by atoms with E-state index in [1.807, 2.05) is 24.3 Å². The number of methoxy groups -OCH3 is 1. The number of hydrogen-bond donors (Lipinski definition) is 0. The van der Waals surface area contributed by atoms with Gasteiger partial charge in [-0.05, 0) is 25.5 Å². The molecule has 0 amide bonds. The van der Waals surface area contributed by atoms with Crippen LogP contribution in [0.2, 0.25) is 0 Å². The van der Waals surface area contributed by atoms with E-state index in [-0.39, 0.29) is 0 Å². The molecule has 0 aromatic heterocycles. The topological polar surface area (TPSA) is 9.23 Å². The lowest BCUT2D eigenvalue weighted by molar-refractivity contribution is 0.327. The van der Waals surface area contributed by atoms with E-state index in [1.165, 1.54) is 10.9 Å². The normalized spacial score (nSPS) is 11.9. The van der Waals surface area contributed by atoms with E-state index in [4.69, 9.17) is 4.74 Å². The molecule has 2 rings (SSSR count). The van der Waals surface area contributed by atoms with Crippen molar-refractivity contribution in [2.75, 3.05) is 7.11 Å². The van der Waals surface area contributed by atoms with Gasteiger partial charge in [-0.3, -0.25) is 0 Å². The van der Waals surface area contributed by atoms with Crippen LogP contribution >= 0.6 is 8.58 Å². The summed E-state index contributed by atoms with van der Waals surface area (Å²) < 4.78 is 5.43. The van der Waals surface area contributed by atoms with Gasteiger partial charge in [-0.1, -0.05) is 60.7 Å². The molecule has 0 spiro atoms. The van der Waals surface area contributed by atoms with Gasteiger partial charge in [-0.15, -0.1) is 0 Å². The largest absolute Gasteiger partial charge is 0.496 e. The lowest BCUT2D eigenvalue weighted by Gasteiger charge is -2.06. The molecule has 0 fully saturated rings. The summed E-state index contributed by atoms with van der Waals surface area (Å²) in [6.07, 6.45) is 2.09. The lowest BCUT2D eigenvalue weighted by Crippen LogP contribution is -1.93. The maximum atomic E-state index is 5.43. The Bertz CT molecular complexity index is 477. The smallest absolute Gasteiger partial charge is 0.119 e. The van der Waals surface area contributed by atoms with Crippen LogP contribution < -0.4 is 5.30 Å². The summed E-state index contributed by atoms with van der Waals surface area (Å²) in [6.45, 7) is 0. The second-order valence-corrected chi connectivity index (χ2v) is 4.93. The molecular formula is C15H15OP. The second-order valence-electron chi connectivity index (χ2n) is 3.61. The van der Waals surface area contributed by atoms with Crippen LogP contribution in [0.15, 0.2) is 66.2 Å². The average molecular weight is 242 g/mol. The Hall–Kier alpha value is -1.59. The molecule has 86 valence electrons. The minimum absolute atomic E-state index is 0.560. The molecule has 1 atom stereocenters. The Morgan fingerprint density at radius 2 is 1.53 bits per heavy atom. The number of ether oxygens (including phenoxy) is 1. The first-order chi connectivity index (χ1) is 8.38. The first kappa shape index (κ1) is 11.9. The molecule has 1 nitrogen and oxygen atoms in total. The molecule has 2 heteroatoms. The van der Waals surface area contributed by atoms with Crippen LogP contribution in [0.5, 0.6) is 0 Å². The fraction of sp³-hybridized carbons (Fsp3) is 0.0667. The van der Waals surface area contributed by atoms with Crippen LogP contribution in [0.25, 0.3) is 6.08 Å². The van der Waals surface area contributed by atoms with Crippen LogP contribution in [0.4, 0.5) is 0 Å². The van der Waals surface area contributed by atoms with E-state index in [1.54, 1.807) is 7.11 Å². The summed E-state index contributed by atoms with van der Waals surface area (Å²) in [5.41, 5.74) is 2.18. The monoisotopic (exact) mass is 242 g/mol. The molecule has 0 bridgehead atoms. The first-order valence-corrected chi connectivity index (χ1v) is 6.51. The SMILES string of the molecule is COC(=Cc1ccccc1)Pc1ccccc1. The Balaban J connectivity index is 2.15. The van der Waals surface area contributed by atoms with Crippen LogP contribution in [0.1, 0.15) is 5.56 Å². The van der Waals surface area contributed by atoms with Gasteiger partial charge in [-0.25, -0.2) is 0 Å². The minimum atomic E-state index is 0.560. The van der Waals surface area contributed by atoms with Crippen LogP contribution in [0, 0.1) is 0 Å². The van der Waals surface area contributed by atoms with Crippen molar-refractivity contribution in [3.8, 4) is 0 Å². The summed E-state index contributed by atoms with van der Waals surface area (Å²) in [5.74, 6) is 0. The highest BCUT2D eigenvalue weighted by Gasteiger charge is 1.99. The predicted molar refractivity (Wildman–Crippen MR) is 75.8 cm³/mol. The van der Waals surface area contributed by atoms with Gasteiger partial charge < -0.3 is 4.74 Å². The van der Waals surface area contributed by atoms with Crippen LogP contribution in [-0.4, -0.2) is 7.11 Å². The Morgan fingerprint density at radius 3 is 2.12 bits per heavy atom. The molecule has 0 radical (unpaired) electrons. The van der Waals surface area contributed by atoms with Crippen LogP contribution in [0.3, 0.4) is 0 Å².